The number of alkyl halides is 1. The summed E-state index contributed by atoms with van der Waals surface area (Å²) in [5, 5.41) is 13.7. The molecule has 0 fully saturated rings. The summed E-state index contributed by atoms with van der Waals surface area (Å²) in [7, 11) is -2.20. The molecule has 2 N–H and O–H groups in total. The van der Waals surface area contributed by atoms with Crippen LogP contribution in [-0.2, 0) is 4.79 Å². The molecule has 0 aliphatic heterocycles. The van der Waals surface area contributed by atoms with Gasteiger partial charge in [-0.1, -0.05) is 22.0 Å². The highest BCUT2D eigenvalue weighted by Gasteiger charge is 2.30. The van der Waals surface area contributed by atoms with Crippen molar-refractivity contribution in [3.8, 4) is 22.8 Å². The first-order valence-corrected chi connectivity index (χ1v) is 12.5. The van der Waals surface area contributed by atoms with Crippen LogP contribution in [0, 0.1) is 11.6 Å². The van der Waals surface area contributed by atoms with E-state index in [0.717, 1.165) is 6.07 Å². The molecule has 0 spiro atoms. The number of carbonyl (C=O) groups excluding carboxylic acids is 1. The smallest absolute Gasteiger partial charge is 0.245 e. The van der Waals surface area contributed by atoms with Crippen molar-refractivity contribution in [3.63, 3.8) is 0 Å². The van der Waals surface area contributed by atoms with E-state index in [2.05, 4.69) is 21.2 Å². The van der Waals surface area contributed by atoms with Crippen molar-refractivity contribution >= 4 is 36.0 Å². The molecule has 0 radical (unpaired) electrons. The minimum absolute atomic E-state index is 0.0741. The van der Waals surface area contributed by atoms with E-state index in [1.807, 2.05) is 19.6 Å². The van der Waals surface area contributed by atoms with Crippen molar-refractivity contribution in [1.29, 1.82) is 0 Å². The van der Waals surface area contributed by atoms with Gasteiger partial charge in [-0.3, -0.25) is 10.1 Å². The Labute approximate surface area is 159 Å². The van der Waals surface area contributed by atoms with Crippen molar-refractivity contribution in [3.05, 3.63) is 29.8 Å². The Morgan fingerprint density at radius 2 is 2.04 bits per heavy atom. The second kappa shape index (κ2) is 8.21. The van der Waals surface area contributed by atoms with E-state index in [9.17, 15) is 18.7 Å². The summed E-state index contributed by atoms with van der Waals surface area (Å²) < 4.78 is 38.9. The third kappa shape index (κ3) is 4.85. The molecule has 142 valence electrons. The zero-order chi connectivity index (χ0) is 19.5. The van der Waals surface area contributed by atoms with Gasteiger partial charge in [0.2, 0.25) is 31.6 Å². The van der Waals surface area contributed by atoms with E-state index in [1.165, 1.54) is 12.1 Å². The molecule has 2 aromatic rings. The van der Waals surface area contributed by atoms with Crippen LogP contribution < -0.4 is 9.74 Å². The van der Waals surface area contributed by atoms with Gasteiger partial charge in [0.25, 0.3) is 0 Å². The summed E-state index contributed by atoms with van der Waals surface area (Å²) >= 11 is 3.24. The number of rotatable bonds is 7. The van der Waals surface area contributed by atoms with Crippen LogP contribution in [0.1, 0.15) is 12.8 Å². The average Bonchev–Trinajstić information content (AvgIpc) is 2.83. The monoisotopic (exact) mass is 447 g/mol. The summed E-state index contributed by atoms with van der Waals surface area (Å²) in [6, 6.07) is 3.52. The van der Waals surface area contributed by atoms with Crippen LogP contribution in [0.15, 0.2) is 22.6 Å². The Kier molecular flexibility index (Phi) is 6.46. The molecule has 1 heterocycles. The highest BCUT2D eigenvalue weighted by atomic mass is 79.9. The minimum atomic E-state index is -2.20. The van der Waals surface area contributed by atoms with Crippen molar-refractivity contribution in [2.24, 2.45) is 0 Å². The summed E-state index contributed by atoms with van der Waals surface area (Å²) in [5.41, 5.74) is -0.260. The van der Waals surface area contributed by atoms with Gasteiger partial charge in [-0.05, 0) is 38.2 Å². The lowest BCUT2D eigenvalue weighted by molar-refractivity contribution is -0.116. The Hall–Kier alpha value is -1.87. The largest absolute Gasteiger partial charge is 0.538 e. The van der Waals surface area contributed by atoms with Gasteiger partial charge >= 0.3 is 0 Å². The van der Waals surface area contributed by atoms with Crippen molar-refractivity contribution in [1.82, 2.24) is 0 Å². The van der Waals surface area contributed by atoms with E-state index < -0.39 is 25.7 Å². The molecule has 5 nitrogen and oxygen atoms in total. The molecule has 0 atom stereocenters. The lowest BCUT2D eigenvalue weighted by Gasteiger charge is -2.18. The number of benzene rings is 1. The molecule has 0 unspecified atom stereocenters. The molecule has 1 aromatic heterocycles. The predicted molar refractivity (Wildman–Crippen MR) is 101 cm³/mol. The number of nitrogens with one attached hydrogen (secondary N) is 1. The van der Waals surface area contributed by atoms with Crippen molar-refractivity contribution in [2.45, 2.75) is 32.5 Å². The Bertz CT molecular complexity index is 805. The molecule has 0 bridgehead atoms. The summed E-state index contributed by atoms with van der Waals surface area (Å²) in [4.78, 5) is 12.0. The number of halogens is 3. The molecular weight excluding hydrogens is 428 g/mol. The molecule has 0 aliphatic rings. The molecule has 26 heavy (non-hydrogen) atoms. The molecule has 9 heteroatoms. The molecule has 0 saturated heterocycles. The maximum atomic E-state index is 14.1. The molecule has 2 rings (SSSR count). The van der Waals surface area contributed by atoms with Gasteiger partial charge in [0.15, 0.2) is 17.4 Å². The van der Waals surface area contributed by atoms with E-state index in [1.54, 1.807) is 0 Å². The van der Waals surface area contributed by atoms with E-state index in [-0.39, 0.29) is 35.3 Å². The molecule has 0 saturated carbocycles. The molecule has 0 aliphatic carbocycles. The maximum Gasteiger partial charge on any atom is 0.245 e. The minimum Gasteiger partial charge on any atom is -0.538 e. The zero-order valence-electron chi connectivity index (χ0n) is 14.7. The summed E-state index contributed by atoms with van der Waals surface area (Å²) in [6.07, 6.45) is 0.830. The SMILES string of the molecule is C[Si](C)(C)Oc1c(NC(=O)CCCBr)oc(-c2cccc(F)c2F)c1O. The highest BCUT2D eigenvalue weighted by Crippen LogP contribution is 2.47. The van der Waals surface area contributed by atoms with Crippen molar-refractivity contribution < 1.29 is 27.5 Å². The first kappa shape index (κ1) is 20.4. The first-order chi connectivity index (χ1) is 12.1. The van der Waals surface area contributed by atoms with Gasteiger partial charge < -0.3 is 13.9 Å². The van der Waals surface area contributed by atoms with Crippen LogP contribution in [0.5, 0.6) is 11.5 Å². The fourth-order valence-corrected chi connectivity index (χ4v) is 3.25. The van der Waals surface area contributed by atoms with Crippen LogP contribution in [0.25, 0.3) is 11.3 Å². The average molecular weight is 448 g/mol. The second-order valence-electron chi connectivity index (χ2n) is 6.59. The van der Waals surface area contributed by atoms with Crippen LogP contribution in [-0.4, -0.2) is 24.7 Å². The van der Waals surface area contributed by atoms with Crippen LogP contribution in [0.3, 0.4) is 0 Å². The Morgan fingerprint density at radius 1 is 1.35 bits per heavy atom. The molecule has 1 amide bonds. The number of aromatic hydroxyl groups is 1. The quantitative estimate of drug-likeness (QED) is 0.448. The van der Waals surface area contributed by atoms with Crippen LogP contribution in [0.4, 0.5) is 14.7 Å². The number of hydrogen-bond donors (Lipinski definition) is 2. The Morgan fingerprint density at radius 3 is 2.65 bits per heavy atom. The van der Waals surface area contributed by atoms with E-state index in [0.29, 0.717) is 11.8 Å². The number of carbonyl (C=O) groups is 1. The molecule has 1 aromatic carbocycles. The standard InChI is InChI=1S/C17H20BrF2NO4Si/c1-26(2,3)25-16-14(23)15(10-6-4-7-11(19)13(10)20)24-17(16)21-12(22)8-5-9-18/h4,6-7,23H,5,8-9H2,1-3H3,(H,21,22). The van der Waals surface area contributed by atoms with Gasteiger partial charge in [-0.15, -0.1) is 0 Å². The third-order valence-corrected chi connectivity index (χ3v) is 4.61. The topological polar surface area (TPSA) is 71.7 Å². The number of anilines is 1. The zero-order valence-corrected chi connectivity index (χ0v) is 17.2. The molecular formula is C17H20BrF2NO4Si. The normalized spacial score (nSPS) is 11.5. The third-order valence-electron chi connectivity index (χ3n) is 3.24. The highest BCUT2D eigenvalue weighted by molar-refractivity contribution is 9.09. The fraction of sp³-hybridized carbons (Fsp3) is 0.353. The van der Waals surface area contributed by atoms with Gasteiger partial charge in [-0.25, -0.2) is 8.78 Å². The number of hydrogen-bond acceptors (Lipinski definition) is 4. The van der Waals surface area contributed by atoms with Gasteiger partial charge in [0.05, 0.1) is 5.56 Å². The van der Waals surface area contributed by atoms with Gasteiger partial charge in [0.1, 0.15) is 0 Å². The lowest BCUT2D eigenvalue weighted by atomic mass is 10.1. The van der Waals surface area contributed by atoms with Crippen LogP contribution in [0.2, 0.25) is 19.6 Å². The predicted octanol–water partition coefficient (Wildman–Crippen LogP) is 5.26. The summed E-state index contributed by atoms with van der Waals surface area (Å²) in [5.74, 6) is -3.55. The Balaban J connectivity index is 2.49. The van der Waals surface area contributed by atoms with Crippen molar-refractivity contribution in [2.75, 3.05) is 10.6 Å². The maximum absolute atomic E-state index is 14.1. The number of amides is 1. The van der Waals surface area contributed by atoms with Gasteiger partial charge in [-0.2, -0.15) is 0 Å². The van der Waals surface area contributed by atoms with Gasteiger partial charge in [0, 0.05) is 11.8 Å². The van der Waals surface area contributed by atoms with E-state index in [4.69, 9.17) is 8.84 Å². The van der Waals surface area contributed by atoms with Crippen LogP contribution >= 0.6 is 15.9 Å². The van der Waals surface area contributed by atoms with E-state index >= 15 is 0 Å². The fourth-order valence-electron chi connectivity index (χ4n) is 2.17. The number of furan rings is 1. The first-order valence-electron chi connectivity index (χ1n) is 7.99. The summed E-state index contributed by atoms with van der Waals surface area (Å²) in [6.45, 7) is 5.62. The second-order valence-corrected chi connectivity index (χ2v) is 11.8. The lowest BCUT2D eigenvalue weighted by Crippen LogP contribution is -2.29.